The van der Waals surface area contributed by atoms with E-state index in [0.717, 1.165) is 88.8 Å². The van der Waals surface area contributed by atoms with Crippen LogP contribution in [0.15, 0.2) is 130 Å². The van der Waals surface area contributed by atoms with Gasteiger partial charge in [-0.15, -0.1) is 0 Å². The molecule has 0 atom stereocenters. The van der Waals surface area contributed by atoms with Crippen LogP contribution >= 0.6 is 0 Å². The quantitative estimate of drug-likeness (QED) is 0.223. The first-order chi connectivity index (χ1) is 20.3. The minimum atomic E-state index is 0.153. The van der Waals surface area contributed by atoms with Crippen LogP contribution in [0, 0.1) is 0 Å². The molecule has 0 spiro atoms. The van der Waals surface area contributed by atoms with Gasteiger partial charge in [-0.1, -0.05) is 78.9 Å². The average Bonchev–Trinajstić information content (AvgIpc) is 3.54. The number of hydrogen-bond acceptors (Lipinski definition) is 4. The second kappa shape index (κ2) is 8.51. The second-order valence-corrected chi connectivity index (χ2v) is 10.4. The maximum Gasteiger partial charge on any atom is 0.230 e. The molecule has 4 heteroatoms. The zero-order chi connectivity index (χ0) is 26.9. The first-order valence-electron chi connectivity index (χ1n) is 13.7. The minimum absolute atomic E-state index is 0.153. The summed E-state index contributed by atoms with van der Waals surface area (Å²) in [6.45, 7) is 0.153. The highest BCUT2D eigenvalue weighted by molar-refractivity contribution is 6.13. The molecule has 0 fully saturated rings. The van der Waals surface area contributed by atoms with Crippen molar-refractivity contribution in [3.63, 3.8) is 0 Å². The zero-order valence-electron chi connectivity index (χ0n) is 21.9. The van der Waals surface area contributed by atoms with Crippen LogP contribution in [0.3, 0.4) is 0 Å². The van der Waals surface area contributed by atoms with Crippen LogP contribution in [0.1, 0.15) is 0 Å². The molecule has 3 heterocycles. The molecule has 9 rings (SSSR count). The van der Waals surface area contributed by atoms with Crippen LogP contribution in [-0.2, 0) is 0 Å². The Kier molecular flexibility index (Phi) is 4.64. The van der Waals surface area contributed by atoms with Gasteiger partial charge < -0.3 is 18.3 Å². The van der Waals surface area contributed by atoms with E-state index in [1.807, 2.05) is 54.6 Å². The number of rotatable bonds is 2. The van der Waals surface area contributed by atoms with Crippen LogP contribution in [0.2, 0.25) is 0 Å². The summed E-state index contributed by atoms with van der Waals surface area (Å²) in [4.78, 5) is 0. The lowest BCUT2D eigenvalue weighted by molar-refractivity contribution is 0.125. The molecule has 0 bridgehead atoms. The van der Waals surface area contributed by atoms with Gasteiger partial charge >= 0.3 is 0 Å². The minimum Gasteiger partial charge on any atom is -0.457 e. The Bertz CT molecular complexity index is 2300. The van der Waals surface area contributed by atoms with Gasteiger partial charge in [0.15, 0.2) is 0 Å². The van der Waals surface area contributed by atoms with Gasteiger partial charge in [0.25, 0.3) is 0 Å². The highest BCUT2D eigenvalue weighted by Gasteiger charge is 2.21. The van der Waals surface area contributed by atoms with Gasteiger partial charge in [0.1, 0.15) is 33.8 Å². The molecule has 1 aliphatic heterocycles. The van der Waals surface area contributed by atoms with Gasteiger partial charge in [-0.3, -0.25) is 0 Å². The normalized spacial score (nSPS) is 12.7. The highest BCUT2D eigenvalue weighted by Crippen LogP contribution is 2.45. The zero-order valence-corrected chi connectivity index (χ0v) is 21.9. The standard InChI is InChI=1S/C37H22O4/c1-3-12-33-26(7-1)27-11-5-10-25(37(27)41-33)23-16-18-32-30(20-23)29-19-22(15-17-31(29)38-21-39-32)24-9-6-14-35-36(24)28-8-2-4-13-34(28)40-35/h1-20H,21H2. The number of benzene rings is 6. The summed E-state index contributed by atoms with van der Waals surface area (Å²) in [6.07, 6.45) is 0. The van der Waals surface area contributed by atoms with Gasteiger partial charge in [-0.25, -0.2) is 0 Å². The van der Waals surface area contributed by atoms with Gasteiger partial charge in [0.05, 0.1) is 0 Å². The Labute approximate surface area is 235 Å². The molecule has 0 N–H and O–H groups in total. The van der Waals surface area contributed by atoms with Crippen LogP contribution in [0.4, 0.5) is 0 Å². The molecule has 0 saturated heterocycles. The van der Waals surface area contributed by atoms with Crippen molar-refractivity contribution in [2.24, 2.45) is 0 Å². The van der Waals surface area contributed by atoms with Crippen LogP contribution < -0.4 is 9.47 Å². The third-order valence-electron chi connectivity index (χ3n) is 8.11. The van der Waals surface area contributed by atoms with Gasteiger partial charge in [0, 0.05) is 38.2 Å². The van der Waals surface area contributed by atoms with E-state index in [0.29, 0.717) is 0 Å². The van der Waals surface area contributed by atoms with Crippen molar-refractivity contribution in [3.8, 4) is 44.9 Å². The summed E-state index contributed by atoms with van der Waals surface area (Å²) >= 11 is 0. The molecule has 4 nitrogen and oxygen atoms in total. The van der Waals surface area contributed by atoms with E-state index in [-0.39, 0.29) is 6.79 Å². The van der Waals surface area contributed by atoms with E-state index in [2.05, 4.69) is 66.7 Å². The van der Waals surface area contributed by atoms with Gasteiger partial charge in [0.2, 0.25) is 6.79 Å². The van der Waals surface area contributed by atoms with Crippen LogP contribution in [0.25, 0.3) is 77.3 Å². The topological polar surface area (TPSA) is 44.7 Å². The molecule has 0 amide bonds. The molecule has 0 saturated carbocycles. The van der Waals surface area contributed by atoms with E-state index in [1.165, 1.54) is 0 Å². The summed E-state index contributed by atoms with van der Waals surface area (Å²) in [5.74, 6) is 1.57. The first-order valence-corrected chi connectivity index (χ1v) is 13.7. The fraction of sp³-hybridized carbons (Fsp3) is 0.0270. The fourth-order valence-electron chi connectivity index (χ4n) is 6.21. The van der Waals surface area contributed by atoms with Crippen molar-refractivity contribution in [2.45, 2.75) is 0 Å². The molecule has 194 valence electrons. The van der Waals surface area contributed by atoms with E-state index in [9.17, 15) is 0 Å². The monoisotopic (exact) mass is 530 g/mol. The SMILES string of the molecule is c1ccc2c(c1)oc1c(-c3ccc4c(c3)-c3cc(-c5cccc6oc7ccccc7c56)ccc3OCO4)cccc12. The van der Waals surface area contributed by atoms with E-state index >= 15 is 0 Å². The maximum absolute atomic E-state index is 6.36. The van der Waals surface area contributed by atoms with Gasteiger partial charge in [-0.05, 0) is 59.2 Å². The van der Waals surface area contributed by atoms with Gasteiger partial charge in [-0.2, -0.15) is 0 Å². The van der Waals surface area contributed by atoms with Crippen molar-refractivity contribution < 1.29 is 18.3 Å². The lowest BCUT2D eigenvalue weighted by Crippen LogP contribution is -2.03. The van der Waals surface area contributed by atoms with E-state index in [4.69, 9.17) is 18.3 Å². The summed E-state index contributed by atoms with van der Waals surface area (Å²) in [5, 5.41) is 4.44. The lowest BCUT2D eigenvalue weighted by atomic mass is 9.93. The number of fused-ring (bicyclic) bond motifs is 9. The lowest BCUT2D eigenvalue weighted by Gasteiger charge is -2.12. The smallest absolute Gasteiger partial charge is 0.230 e. The molecule has 0 radical (unpaired) electrons. The number of hydrogen-bond donors (Lipinski definition) is 0. The molecule has 0 aliphatic carbocycles. The van der Waals surface area contributed by atoms with Crippen molar-refractivity contribution in [3.05, 3.63) is 121 Å². The molecule has 8 aromatic rings. The Morgan fingerprint density at radius 2 is 1.00 bits per heavy atom. The Balaban J connectivity index is 1.25. The number of furan rings is 2. The van der Waals surface area contributed by atoms with Crippen molar-refractivity contribution >= 4 is 43.9 Å². The molecular formula is C37H22O4. The largest absolute Gasteiger partial charge is 0.457 e. The highest BCUT2D eigenvalue weighted by atomic mass is 16.7. The molecular weight excluding hydrogens is 508 g/mol. The molecule has 0 unspecified atom stereocenters. The molecule has 6 aromatic carbocycles. The van der Waals surface area contributed by atoms with Crippen molar-refractivity contribution in [1.82, 2.24) is 0 Å². The third-order valence-corrected chi connectivity index (χ3v) is 8.11. The number of para-hydroxylation sites is 3. The molecule has 1 aliphatic rings. The van der Waals surface area contributed by atoms with E-state index < -0.39 is 0 Å². The second-order valence-electron chi connectivity index (χ2n) is 10.4. The van der Waals surface area contributed by atoms with Crippen LogP contribution in [-0.4, -0.2) is 6.79 Å². The van der Waals surface area contributed by atoms with E-state index in [1.54, 1.807) is 0 Å². The Hall–Kier alpha value is -5.48. The summed E-state index contributed by atoms with van der Waals surface area (Å²) in [6, 6.07) is 41.6. The van der Waals surface area contributed by atoms with Crippen molar-refractivity contribution in [1.29, 1.82) is 0 Å². The van der Waals surface area contributed by atoms with Crippen molar-refractivity contribution in [2.75, 3.05) is 6.79 Å². The average molecular weight is 531 g/mol. The third kappa shape index (κ3) is 3.34. The Morgan fingerprint density at radius 3 is 1.78 bits per heavy atom. The molecule has 2 aromatic heterocycles. The first kappa shape index (κ1) is 22.3. The predicted octanol–water partition coefficient (Wildman–Crippen LogP) is 10.2. The maximum atomic E-state index is 6.36. The predicted molar refractivity (Wildman–Crippen MR) is 163 cm³/mol. The van der Waals surface area contributed by atoms with Crippen LogP contribution in [0.5, 0.6) is 11.5 Å². The Morgan fingerprint density at radius 1 is 0.415 bits per heavy atom. The summed E-state index contributed by atoms with van der Waals surface area (Å²) in [5.41, 5.74) is 9.79. The fourth-order valence-corrected chi connectivity index (χ4v) is 6.21. The summed E-state index contributed by atoms with van der Waals surface area (Å²) in [7, 11) is 0. The summed E-state index contributed by atoms with van der Waals surface area (Å²) < 4.78 is 24.6. The molecule has 41 heavy (non-hydrogen) atoms. The number of ether oxygens (including phenoxy) is 2.